The van der Waals surface area contributed by atoms with Crippen LogP contribution in [0.4, 0.5) is 0 Å². The van der Waals surface area contributed by atoms with Gasteiger partial charge in [0.2, 0.25) is 0 Å². The second-order valence-electron chi connectivity index (χ2n) is 4.37. The lowest BCUT2D eigenvalue weighted by Crippen LogP contribution is -2.20. The highest BCUT2D eigenvalue weighted by molar-refractivity contribution is 6.33. The zero-order valence-corrected chi connectivity index (χ0v) is 9.89. The van der Waals surface area contributed by atoms with Gasteiger partial charge < -0.3 is 14.7 Å². The summed E-state index contributed by atoms with van der Waals surface area (Å²) in [6, 6.07) is 7.42. The summed E-state index contributed by atoms with van der Waals surface area (Å²) in [5.74, 6) is 1.22. The molecule has 4 heteroatoms. The molecule has 0 fully saturated rings. The Morgan fingerprint density at radius 1 is 1.19 bits per heavy atom. The van der Waals surface area contributed by atoms with Crippen molar-refractivity contribution in [3.63, 3.8) is 0 Å². The topological polar surface area (TPSA) is 49.7 Å². The SMILES string of the molecule is CC(C)CCCc1ccc(OB(O)O)cc1. The van der Waals surface area contributed by atoms with Gasteiger partial charge in [-0.05, 0) is 36.5 Å². The largest absolute Gasteiger partial charge is 0.707 e. The van der Waals surface area contributed by atoms with Crippen LogP contribution in [0.3, 0.4) is 0 Å². The van der Waals surface area contributed by atoms with Crippen LogP contribution >= 0.6 is 0 Å². The van der Waals surface area contributed by atoms with E-state index in [9.17, 15) is 0 Å². The third-order valence-corrected chi connectivity index (χ3v) is 2.41. The summed E-state index contributed by atoms with van der Waals surface area (Å²) in [6.45, 7) is 4.44. The highest BCUT2D eigenvalue weighted by atomic mass is 16.6. The van der Waals surface area contributed by atoms with Crippen molar-refractivity contribution in [1.29, 1.82) is 0 Å². The van der Waals surface area contributed by atoms with Crippen LogP contribution in [0.15, 0.2) is 24.3 Å². The van der Waals surface area contributed by atoms with E-state index < -0.39 is 7.32 Å². The number of aryl methyl sites for hydroxylation is 1. The molecular weight excluding hydrogens is 203 g/mol. The van der Waals surface area contributed by atoms with Crippen LogP contribution in [0.1, 0.15) is 32.3 Å². The Bertz CT molecular complexity index is 296. The van der Waals surface area contributed by atoms with Crippen LogP contribution < -0.4 is 4.65 Å². The van der Waals surface area contributed by atoms with Gasteiger partial charge in [-0.3, -0.25) is 0 Å². The lowest BCUT2D eigenvalue weighted by molar-refractivity contribution is 0.288. The Morgan fingerprint density at radius 3 is 2.31 bits per heavy atom. The molecule has 0 atom stereocenters. The van der Waals surface area contributed by atoms with Crippen molar-refractivity contribution in [2.24, 2.45) is 5.92 Å². The predicted octanol–water partition coefficient (Wildman–Crippen LogP) is 2.01. The van der Waals surface area contributed by atoms with Gasteiger partial charge in [-0.15, -0.1) is 0 Å². The molecule has 0 aromatic heterocycles. The highest BCUT2D eigenvalue weighted by Gasteiger charge is 2.10. The molecule has 0 aliphatic carbocycles. The van der Waals surface area contributed by atoms with Crippen LogP contribution in [-0.4, -0.2) is 17.4 Å². The Hall–Kier alpha value is -0.995. The van der Waals surface area contributed by atoms with Crippen molar-refractivity contribution in [3.8, 4) is 5.75 Å². The number of hydrogen-bond donors (Lipinski definition) is 2. The molecule has 1 rings (SSSR count). The quantitative estimate of drug-likeness (QED) is 0.724. The maximum absolute atomic E-state index is 8.61. The molecule has 0 aliphatic heterocycles. The maximum Gasteiger partial charge on any atom is 0.707 e. The lowest BCUT2D eigenvalue weighted by atomic mass is 10.0. The zero-order valence-electron chi connectivity index (χ0n) is 9.89. The van der Waals surface area contributed by atoms with E-state index in [0.717, 1.165) is 12.3 Å². The molecular formula is C12H19BO3. The predicted molar refractivity (Wildman–Crippen MR) is 65.0 cm³/mol. The minimum Gasteiger partial charge on any atom is -0.512 e. The molecule has 0 saturated carbocycles. The minimum atomic E-state index is -1.74. The molecule has 0 heterocycles. The first-order chi connectivity index (χ1) is 7.58. The molecule has 0 amide bonds. The summed E-state index contributed by atoms with van der Waals surface area (Å²) < 4.78 is 4.72. The van der Waals surface area contributed by atoms with Crippen molar-refractivity contribution >= 4 is 7.32 Å². The first-order valence-corrected chi connectivity index (χ1v) is 5.69. The van der Waals surface area contributed by atoms with Crippen LogP contribution in [-0.2, 0) is 6.42 Å². The van der Waals surface area contributed by atoms with Gasteiger partial charge in [0.05, 0.1) is 0 Å². The molecule has 1 aromatic carbocycles. The van der Waals surface area contributed by atoms with E-state index >= 15 is 0 Å². The first-order valence-electron chi connectivity index (χ1n) is 5.69. The van der Waals surface area contributed by atoms with E-state index in [1.807, 2.05) is 12.1 Å². The fourth-order valence-electron chi connectivity index (χ4n) is 1.57. The lowest BCUT2D eigenvalue weighted by Gasteiger charge is -2.07. The number of benzene rings is 1. The van der Waals surface area contributed by atoms with Crippen LogP contribution in [0.25, 0.3) is 0 Å². The zero-order chi connectivity index (χ0) is 12.0. The highest BCUT2D eigenvalue weighted by Crippen LogP contribution is 2.15. The Balaban J connectivity index is 2.39. The Labute approximate surface area is 97.3 Å². The van der Waals surface area contributed by atoms with Crippen LogP contribution in [0.5, 0.6) is 5.75 Å². The molecule has 0 aliphatic rings. The van der Waals surface area contributed by atoms with Gasteiger partial charge in [-0.2, -0.15) is 0 Å². The third kappa shape index (κ3) is 5.19. The smallest absolute Gasteiger partial charge is 0.512 e. The van der Waals surface area contributed by atoms with Gasteiger partial charge in [0, 0.05) is 0 Å². The minimum absolute atomic E-state index is 0.475. The number of hydrogen-bond acceptors (Lipinski definition) is 3. The van der Waals surface area contributed by atoms with Crippen molar-refractivity contribution in [2.45, 2.75) is 33.1 Å². The van der Waals surface area contributed by atoms with Crippen molar-refractivity contribution in [2.75, 3.05) is 0 Å². The van der Waals surface area contributed by atoms with Gasteiger partial charge >= 0.3 is 7.32 Å². The van der Waals surface area contributed by atoms with E-state index in [1.54, 1.807) is 12.1 Å². The van der Waals surface area contributed by atoms with E-state index in [2.05, 4.69) is 13.8 Å². The second kappa shape index (κ2) is 6.56. The molecule has 1 aromatic rings. The summed E-state index contributed by atoms with van der Waals surface area (Å²) in [4.78, 5) is 0. The summed E-state index contributed by atoms with van der Waals surface area (Å²) in [5.41, 5.74) is 1.25. The molecule has 0 unspecified atom stereocenters. The standard InChI is InChI=1S/C12H19BO3/c1-10(2)4-3-5-11-6-8-12(9-7-11)16-13(14)15/h6-10,14-15H,3-5H2,1-2H3. The number of rotatable bonds is 6. The first kappa shape index (κ1) is 13.1. The normalized spacial score (nSPS) is 10.6. The average molecular weight is 222 g/mol. The second-order valence-corrected chi connectivity index (χ2v) is 4.37. The molecule has 0 bridgehead atoms. The van der Waals surface area contributed by atoms with Crippen molar-refractivity contribution < 1.29 is 14.7 Å². The molecule has 16 heavy (non-hydrogen) atoms. The van der Waals surface area contributed by atoms with Gasteiger partial charge in [-0.1, -0.05) is 32.4 Å². The summed E-state index contributed by atoms with van der Waals surface area (Å²) in [7, 11) is -1.74. The summed E-state index contributed by atoms with van der Waals surface area (Å²) >= 11 is 0. The molecule has 0 spiro atoms. The van der Waals surface area contributed by atoms with Crippen molar-refractivity contribution in [3.05, 3.63) is 29.8 Å². The maximum atomic E-state index is 8.61. The fraction of sp³-hybridized carbons (Fsp3) is 0.500. The van der Waals surface area contributed by atoms with Gasteiger partial charge in [0.15, 0.2) is 0 Å². The van der Waals surface area contributed by atoms with Gasteiger partial charge in [0.25, 0.3) is 0 Å². The Kier molecular flexibility index (Phi) is 5.36. The van der Waals surface area contributed by atoms with E-state index in [1.165, 1.54) is 18.4 Å². The monoisotopic (exact) mass is 222 g/mol. The molecule has 0 saturated heterocycles. The van der Waals surface area contributed by atoms with E-state index in [4.69, 9.17) is 14.7 Å². The average Bonchev–Trinajstić information content (AvgIpc) is 2.19. The summed E-state index contributed by atoms with van der Waals surface area (Å²) in [5, 5.41) is 17.2. The van der Waals surface area contributed by atoms with E-state index in [0.29, 0.717) is 5.75 Å². The molecule has 88 valence electrons. The van der Waals surface area contributed by atoms with Crippen LogP contribution in [0.2, 0.25) is 0 Å². The third-order valence-electron chi connectivity index (χ3n) is 2.41. The molecule has 3 nitrogen and oxygen atoms in total. The van der Waals surface area contributed by atoms with Gasteiger partial charge in [-0.25, -0.2) is 0 Å². The van der Waals surface area contributed by atoms with E-state index in [-0.39, 0.29) is 0 Å². The fourth-order valence-corrected chi connectivity index (χ4v) is 1.57. The van der Waals surface area contributed by atoms with Crippen LogP contribution in [0, 0.1) is 5.92 Å². The Morgan fingerprint density at radius 2 is 1.81 bits per heavy atom. The molecule has 0 radical (unpaired) electrons. The van der Waals surface area contributed by atoms with Gasteiger partial charge in [0.1, 0.15) is 5.75 Å². The van der Waals surface area contributed by atoms with Crippen molar-refractivity contribution in [1.82, 2.24) is 0 Å². The molecule has 2 N–H and O–H groups in total. The summed E-state index contributed by atoms with van der Waals surface area (Å²) in [6.07, 6.45) is 3.47.